The van der Waals surface area contributed by atoms with E-state index in [1.807, 2.05) is 6.92 Å². The van der Waals surface area contributed by atoms with E-state index in [-0.39, 0.29) is 11.1 Å². The third-order valence-corrected chi connectivity index (χ3v) is 2.56. The van der Waals surface area contributed by atoms with Gasteiger partial charge in [-0.1, -0.05) is 15.9 Å². The van der Waals surface area contributed by atoms with Gasteiger partial charge in [0, 0.05) is 5.56 Å². The molecule has 0 saturated heterocycles. The van der Waals surface area contributed by atoms with Crippen LogP contribution in [0.15, 0.2) is 12.1 Å². The van der Waals surface area contributed by atoms with Crippen LogP contribution >= 0.6 is 15.9 Å². The van der Waals surface area contributed by atoms with Crippen molar-refractivity contribution in [2.45, 2.75) is 6.92 Å². The number of carbonyl (C=O) groups is 2. The van der Waals surface area contributed by atoms with Crippen LogP contribution < -0.4 is 4.74 Å². The molecular weight excluding hydrogens is 260 g/mol. The number of hydrogen-bond donors (Lipinski definition) is 0. The molecule has 0 N–H and O–H groups in total. The average molecular weight is 271 g/mol. The van der Waals surface area contributed by atoms with Crippen LogP contribution in [0.4, 0.5) is 0 Å². The number of aryl methyl sites for hydroxylation is 1. The van der Waals surface area contributed by atoms with Crippen LogP contribution in [0, 0.1) is 6.92 Å². The summed E-state index contributed by atoms with van der Waals surface area (Å²) in [5, 5.41) is 0.195. The van der Waals surface area contributed by atoms with E-state index in [1.165, 1.54) is 7.11 Å². The van der Waals surface area contributed by atoms with E-state index < -0.39 is 0 Å². The van der Waals surface area contributed by atoms with E-state index in [2.05, 4.69) is 15.9 Å². The fourth-order valence-corrected chi connectivity index (χ4v) is 1.66. The predicted molar refractivity (Wildman–Crippen MR) is 61.2 cm³/mol. The molecule has 0 aromatic heterocycles. The van der Waals surface area contributed by atoms with Crippen LogP contribution in [-0.2, 0) is 0 Å². The molecule has 15 heavy (non-hydrogen) atoms. The van der Waals surface area contributed by atoms with Crippen molar-refractivity contribution in [2.75, 3.05) is 12.4 Å². The smallest absolute Gasteiger partial charge is 0.174 e. The van der Waals surface area contributed by atoms with Crippen LogP contribution in [0.3, 0.4) is 0 Å². The molecule has 1 aromatic carbocycles. The second kappa shape index (κ2) is 5.07. The molecule has 0 atom stereocenters. The van der Waals surface area contributed by atoms with Gasteiger partial charge in [-0.25, -0.2) is 0 Å². The maximum atomic E-state index is 11.6. The number of methoxy groups -OCH3 is 1. The van der Waals surface area contributed by atoms with Crippen molar-refractivity contribution >= 4 is 28.0 Å². The van der Waals surface area contributed by atoms with Gasteiger partial charge >= 0.3 is 0 Å². The summed E-state index contributed by atoms with van der Waals surface area (Å²) in [6, 6.07) is 3.42. The Hall–Kier alpha value is -1.16. The first-order valence-electron chi connectivity index (χ1n) is 4.37. The van der Waals surface area contributed by atoms with Gasteiger partial charge < -0.3 is 4.74 Å². The van der Waals surface area contributed by atoms with Crippen molar-refractivity contribution in [2.24, 2.45) is 0 Å². The molecule has 0 aliphatic heterocycles. The molecular formula is C11H11BrO3. The Morgan fingerprint density at radius 3 is 2.67 bits per heavy atom. The topological polar surface area (TPSA) is 43.4 Å². The van der Waals surface area contributed by atoms with Crippen molar-refractivity contribution in [3.63, 3.8) is 0 Å². The van der Waals surface area contributed by atoms with Crippen LogP contribution in [0.5, 0.6) is 5.75 Å². The average Bonchev–Trinajstić information content (AvgIpc) is 2.26. The highest BCUT2D eigenvalue weighted by Crippen LogP contribution is 2.23. The van der Waals surface area contributed by atoms with E-state index in [4.69, 9.17) is 4.74 Å². The maximum Gasteiger partial charge on any atom is 0.174 e. The van der Waals surface area contributed by atoms with Crippen molar-refractivity contribution in [1.29, 1.82) is 0 Å². The number of Topliss-reactive ketones (excluding diaryl/α,β-unsaturated/α-hetero) is 1. The van der Waals surface area contributed by atoms with E-state index in [9.17, 15) is 9.59 Å². The van der Waals surface area contributed by atoms with Gasteiger partial charge in [0.2, 0.25) is 0 Å². The molecule has 4 heteroatoms. The monoisotopic (exact) mass is 270 g/mol. The molecule has 0 bridgehead atoms. The molecule has 0 radical (unpaired) electrons. The summed E-state index contributed by atoms with van der Waals surface area (Å²) >= 11 is 3.08. The predicted octanol–water partition coefficient (Wildman–Crippen LogP) is 2.39. The summed E-state index contributed by atoms with van der Waals surface area (Å²) in [7, 11) is 1.48. The Morgan fingerprint density at radius 2 is 2.20 bits per heavy atom. The second-order valence-corrected chi connectivity index (χ2v) is 3.66. The SMILES string of the molecule is COc1cc(C)cc(C(=O)CBr)c1C=O. The zero-order valence-electron chi connectivity index (χ0n) is 8.54. The largest absolute Gasteiger partial charge is 0.496 e. The number of ether oxygens (including phenoxy) is 1. The number of hydrogen-bond acceptors (Lipinski definition) is 3. The number of benzene rings is 1. The van der Waals surface area contributed by atoms with Crippen molar-refractivity contribution in [1.82, 2.24) is 0 Å². The van der Waals surface area contributed by atoms with Gasteiger partial charge in [-0.3, -0.25) is 9.59 Å². The third kappa shape index (κ3) is 2.45. The summed E-state index contributed by atoms with van der Waals surface area (Å²) in [5.41, 5.74) is 1.60. The first-order valence-corrected chi connectivity index (χ1v) is 5.49. The standard InChI is InChI=1S/C11H11BrO3/c1-7-3-8(10(14)5-12)9(6-13)11(4-7)15-2/h3-4,6H,5H2,1-2H3. The van der Waals surface area contributed by atoms with Gasteiger partial charge in [-0.15, -0.1) is 0 Å². The van der Waals surface area contributed by atoms with E-state index in [1.54, 1.807) is 12.1 Å². The molecule has 0 fully saturated rings. The first kappa shape index (κ1) is 11.9. The minimum Gasteiger partial charge on any atom is -0.496 e. The molecule has 80 valence electrons. The molecule has 0 aliphatic carbocycles. The first-order chi connectivity index (χ1) is 7.13. The Balaban J connectivity index is 3.41. The van der Waals surface area contributed by atoms with Crippen molar-refractivity contribution in [3.8, 4) is 5.75 Å². The van der Waals surface area contributed by atoms with Crippen LogP contribution in [0.2, 0.25) is 0 Å². The number of halogens is 1. The summed E-state index contributed by atoms with van der Waals surface area (Å²) in [6.45, 7) is 1.85. The molecule has 0 aliphatic rings. The van der Waals surface area contributed by atoms with Crippen LogP contribution in [0.1, 0.15) is 26.3 Å². The Labute approximate surface area is 96.6 Å². The van der Waals surface area contributed by atoms with Gasteiger partial charge in [0.05, 0.1) is 18.0 Å². The Bertz CT molecular complexity index is 399. The normalized spacial score (nSPS) is 9.80. The molecule has 1 rings (SSSR count). The van der Waals surface area contributed by atoms with Gasteiger partial charge in [0.25, 0.3) is 0 Å². The second-order valence-electron chi connectivity index (χ2n) is 3.10. The lowest BCUT2D eigenvalue weighted by Gasteiger charge is -2.09. The highest BCUT2D eigenvalue weighted by Gasteiger charge is 2.15. The third-order valence-electron chi connectivity index (χ3n) is 2.05. The lowest BCUT2D eigenvalue weighted by atomic mass is 10.0. The van der Waals surface area contributed by atoms with E-state index >= 15 is 0 Å². The fraction of sp³-hybridized carbons (Fsp3) is 0.273. The lowest BCUT2D eigenvalue weighted by molar-refractivity contribution is 0.101. The number of rotatable bonds is 4. The summed E-state index contributed by atoms with van der Waals surface area (Å²) in [5.74, 6) is 0.313. The van der Waals surface area contributed by atoms with Crippen molar-refractivity contribution < 1.29 is 14.3 Å². The summed E-state index contributed by atoms with van der Waals surface area (Å²) < 4.78 is 5.05. The summed E-state index contributed by atoms with van der Waals surface area (Å²) in [4.78, 5) is 22.4. The van der Waals surface area contributed by atoms with Gasteiger partial charge in [0.1, 0.15) is 5.75 Å². The Morgan fingerprint density at radius 1 is 1.53 bits per heavy atom. The minimum absolute atomic E-state index is 0.126. The Kier molecular flexibility index (Phi) is 4.03. The lowest BCUT2D eigenvalue weighted by Crippen LogP contribution is -2.06. The number of ketones is 1. The quantitative estimate of drug-likeness (QED) is 0.479. The molecule has 0 amide bonds. The number of alkyl halides is 1. The zero-order chi connectivity index (χ0) is 11.4. The van der Waals surface area contributed by atoms with Crippen molar-refractivity contribution in [3.05, 3.63) is 28.8 Å². The van der Waals surface area contributed by atoms with E-state index in [0.717, 1.165) is 5.56 Å². The molecule has 0 heterocycles. The fourth-order valence-electron chi connectivity index (χ4n) is 1.36. The zero-order valence-corrected chi connectivity index (χ0v) is 10.1. The number of aldehydes is 1. The highest BCUT2D eigenvalue weighted by atomic mass is 79.9. The van der Waals surface area contributed by atoms with Gasteiger partial charge in [-0.05, 0) is 24.6 Å². The van der Waals surface area contributed by atoms with Gasteiger partial charge in [0.15, 0.2) is 12.1 Å². The number of carbonyl (C=O) groups excluding carboxylic acids is 2. The molecule has 3 nitrogen and oxygen atoms in total. The molecule has 0 unspecified atom stereocenters. The highest BCUT2D eigenvalue weighted by molar-refractivity contribution is 9.09. The maximum absolute atomic E-state index is 11.6. The molecule has 0 saturated carbocycles. The summed E-state index contributed by atoms with van der Waals surface area (Å²) in [6.07, 6.45) is 0.647. The van der Waals surface area contributed by atoms with Gasteiger partial charge in [-0.2, -0.15) is 0 Å². The molecule has 1 aromatic rings. The van der Waals surface area contributed by atoms with Crippen LogP contribution in [-0.4, -0.2) is 24.5 Å². The minimum atomic E-state index is -0.126. The van der Waals surface area contributed by atoms with Crippen LogP contribution in [0.25, 0.3) is 0 Å². The molecule has 0 spiro atoms. The van der Waals surface area contributed by atoms with E-state index in [0.29, 0.717) is 23.2 Å².